The van der Waals surface area contributed by atoms with Crippen molar-refractivity contribution in [2.24, 2.45) is 0 Å². The molecule has 0 radical (unpaired) electrons. The van der Waals surface area contributed by atoms with E-state index in [4.69, 9.17) is 0 Å². The Balaban J connectivity index is 3.02. The van der Waals surface area contributed by atoms with E-state index < -0.39 is 54.0 Å². The summed E-state index contributed by atoms with van der Waals surface area (Å²) in [6.45, 7) is 1.02. The lowest BCUT2D eigenvalue weighted by atomic mass is 9.86. The topological polar surface area (TPSA) is 69.6 Å². The van der Waals surface area contributed by atoms with Crippen LogP contribution in [0, 0.1) is 0 Å². The van der Waals surface area contributed by atoms with Crippen LogP contribution in [0.3, 0.4) is 0 Å². The van der Waals surface area contributed by atoms with Gasteiger partial charge in [0.25, 0.3) is 0 Å². The van der Waals surface area contributed by atoms with Gasteiger partial charge in [0, 0.05) is 20.1 Å². The molecule has 2 amide bonds. The minimum atomic E-state index is -5.48. The van der Waals surface area contributed by atoms with E-state index in [1.54, 1.807) is 6.07 Å². The Morgan fingerprint density at radius 2 is 1.59 bits per heavy atom. The molecule has 0 atom stereocenters. The van der Waals surface area contributed by atoms with Gasteiger partial charge in [-0.2, -0.15) is 26.3 Å². The van der Waals surface area contributed by atoms with Crippen molar-refractivity contribution in [3.8, 4) is 11.1 Å². The molecule has 2 aromatic carbocycles. The van der Waals surface area contributed by atoms with Gasteiger partial charge in [0.15, 0.2) is 0 Å². The fraction of sp³-hybridized carbons (Fsp3) is 0.333. The first-order chi connectivity index (χ1) is 14.8. The fourth-order valence-corrected chi connectivity index (χ4v) is 3.41. The zero-order valence-electron chi connectivity index (χ0n) is 17.1. The minimum absolute atomic E-state index is 0.0167. The summed E-state index contributed by atoms with van der Waals surface area (Å²) in [5, 5.41) is 11.5. The second kappa shape index (κ2) is 9.49. The van der Waals surface area contributed by atoms with Gasteiger partial charge in [-0.15, -0.1) is 0 Å². The van der Waals surface area contributed by atoms with Gasteiger partial charge < -0.3 is 15.3 Å². The summed E-state index contributed by atoms with van der Waals surface area (Å²) in [4.78, 5) is 24.6. The first-order valence-electron chi connectivity index (χ1n) is 9.38. The van der Waals surface area contributed by atoms with Gasteiger partial charge >= 0.3 is 24.4 Å². The number of carboxylic acid groups (broad SMARTS) is 1. The van der Waals surface area contributed by atoms with E-state index in [1.165, 1.54) is 38.2 Å². The minimum Gasteiger partial charge on any atom is -0.481 e. The molecule has 0 aliphatic heterocycles. The molecule has 2 aromatic rings. The SMILES string of the molecule is CCN(Cc1c(-c2ccccc2)cc(C(F)(F)F)c(C(F)(F)F)c1CC(=O)O)C(=O)NC. The predicted octanol–water partition coefficient (Wildman–Crippen LogP) is 5.18. The molecule has 0 aliphatic rings. The van der Waals surface area contributed by atoms with Gasteiger partial charge in [-0.05, 0) is 35.2 Å². The van der Waals surface area contributed by atoms with Crippen LogP contribution in [-0.4, -0.2) is 35.6 Å². The number of aliphatic carboxylic acids is 1. The highest BCUT2D eigenvalue weighted by Crippen LogP contribution is 2.46. The maximum Gasteiger partial charge on any atom is 0.417 e. The van der Waals surface area contributed by atoms with Crippen LogP contribution in [0.1, 0.15) is 29.2 Å². The number of alkyl halides is 6. The summed E-state index contributed by atoms with van der Waals surface area (Å²) < 4.78 is 82.7. The third kappa shape index (κ3) is 5.51. The van der Waals surface area contributed by atoms with Crippen molar-refractivity contribution in [3.63, 3.8) is 0 Å². The highest BCUT2D eigenvalue weighted by Gasteiger charge is 2.46. The standard InChI is InChI=1S/C21H20F6N2O3/c1-3-29(19(32)28-2)11-15-13(12-7-5-4-6-8-12)9-16(20(22,23)24)18(21(25,26)27)14(15)10-17(30)31/h4-9H,3,10-11H2,1-2H3,(H,28,32)(H,30,31). The van der Waals surface area contributed by atoms with E-state index in [0.717, 1.165) is 4.90 Å². The number of carbonyl (C=O) groups is 2. The van der Waals surface area contributed by atoms with Crippen molar-refractivity contribution in [2.45, 2.75) is 32.2 Å². The molecule has 174 valence electrons. The van der Waals surface area contributed by atoms with E-state index in [-0.39, 0.29) is 23.2 Å². The lowest BCUT2D eigenvalue weighted by molar-refractivity contribution is -0.162. The Kier molecular flexibility index (Phi) is 7.42. The number of benzene rings is 2. The Hall–Kier alpha value is -3.24. The summed E-state index contributed by atoms with van der Waals surface area (Å²) in [5.74, 6) is -1.74. The number of nitrogens with zero attached hydrogens (tertiary/aromatic N) is 1. The van der Waals surface area contributed by atoms with E-state index in [0.29, 0.717) is 6.07 Å². The zero-order chi connectivity index (χ0) is 24.3. The predicted molar refractivity (Wildman–Crippen MR) is 104 cm³/mol. The molecule has 2 N–H and O–H groups in total. The molecule has 0 aromatic heterocycles. The van der Waals surface area contributed by atoms with E-state index >= 15 is 0 Å². The lowest BCUT2D eigenvalue weighted by Crippen LogP contribution is -2.38. The van der Waals surface area contributed by atoms with Crippen LogP contribution in [-0.2, 0) is 30.1 Å². The molecule has 0 unspecified atom stereocenters. The van der Waals surface area contributed by atoms with Gasteiger partial charge in [0.1, 0.15) is 0 Å². The van der Waals surface area contributed by atoms with Crippen molar-refractivity contribution in [1.29, 1.82) is 0 Å². The number of halogens is 6. The summed E-state index contributed by atoms with van der Waals surface area (Å²) in [5.41, 5.74) is -5.46. The summed E-state index contributed by atoms with van der Waals surface area (Å²) >= 11 is 0. The quantitative estimate of drug-likeness (QED) is 0.582. The van der Waals surface area contributed by atoms with Gasteiger partial charge in [-0.25, -0.2) is 4.79 Å². The van der Waals surface area contributed by atoms with E-state index in [9.17, 15) is 41.0 Å². The maximum absolute atomic E-state index is 13.9. The third-order valence-corrected chi connectivity index (χ3v) is 4.78. The summed E-state index contributed by atoms with van der Waals surface area (Å²) in [7, 11) is 1.29. The molecular weight excluding hydrogens is 442 g/mol. The molecule has 2 rings (SSSR count). The maximum atomic E-state index is 13.9. The second-order valence-electron chi connectivity index (χ2n) is 6.81. The van der Waals surface area contributed by atoms with Crippen LogP contribution in [0.5, 0.6) is 0 Å². The number of carbonyl (C=O) groups excluding carboxylic acids is 1. The van der Waals surface area contributed by atoms with Crippen LogP contribution in [0.25, 0.3) is 11.1 Å². The number of amides is 2. The molecule has 0 aliphatic carbocycles. The van der Waals surface area contributed by atoms with E-state index in [1.807, 2.05) is 0 Å². The first kappa shape index (κ1) is 25.0. The van der Waals surface area contributed by atoms with Crippen molar-refractivity contribution >= 4 is 12.0 Å². The van der Waals surface area contributed by atoms with Crippen molar-refractivity contribution in [2.75, 3.05) is 13.6 Å². The lowest BCUT2D eigenvalue weighted by Gasteiger charge is -2.28. The first-order valence-corrected chi connectivity index (χ1v) is 9.38. The number of hydrogen-bond donors (Lipinski definition) is 2. The van der Waals surface area contributed by atoms with Crippen LogP contribution in [0.15, 0.2) is 36.4 Å². The van der Waals surface area contributed by atoms with Gasteiger partial charge in [-0.3, -0.25) is 4.79 Å². The van der Waals surface area contributed by atoms with Crippen LogP contribution >= 0.6 is 0 Å². The van der Waals surface area contributed by atoms with Gasteiger partial charge in [0.05, 0.1) is 17.5 Å². The highest BCUT2D eigenvalue weighted by molar-refractivity contribution is 5.79. The number of carboxylic acids is 1. The molecule has 11 heteroatoms. The zero-order valence-corrected chi connectivity index (χ0v) is 17.1. The summed E-state index contributed by atoms with van der Waals surface area (Å²) in [6, 6.07) is 7.02. The number of nitrogens with one attached hydrogen (secondary N) is 1. The van der Waals surface area contributed by atoms with Crippen molar-refractivity contribution < 1.29 is 41.0 Å². The Bertz CT molecular complexity index is 988. The molecule has 0 fully saturated rings. The van der Waals surface area contributed by atoms with Crippen LogP contribution < -0.4 is 5.32 Å². The molecule has 0 saturated carbocycles. The van der Waals surface area contributed by atoms with Gasteiger partial charge in [0.2, 0.25) is 0 Å². The monoisotopic (exact) mass is 462 g/mol. The largest absolute Gasteiger partial charge is 0.481 e. The smallest absolute Gasteiger partial charge is 0.417 e. The van der Waals surface area contributed by atoms with Crippen molar-refractivity contribution in [1.82, 2.24) is 10.2 Å². The average Bonchev–Trinajstić information content (AvgIpc) is 2.70. The molecule has 32 heavy (non-hydrogen) atoms. The number of hydrogen-bond acceptors (Lipinski definition) is 2. The Morgan fingerprint density at radius 3 is 2.03 bits per heavy atom. The van der Waals surface area contributed by atoms with Crippen LogP contribution in [0.2, 0.25) is 0 Å². The highest BCUT2D eigenvalue weighted by atomic mass is 19.4. The molecule has 0 heterocycles. The summed E-state index contributed by atoms with van der Waals surface area (Å²) in [6.07, 6.45) is -12.2. The fourth-order valence-electron chi connectivity index (χ4n) is 3.41. The molecular formula is C21H20F6N2O3. The molecule has 0 spiro atoms. The molecule has 5 nitrogen and oxygen atoms in total. The van der Waals surface area contributed by atoms with Gasteiger partial charge in [-0.1, -0.05) is 30.3 Å². The molecule has 0 bridgehead atoms. The second-order valence-corrected chi connectivity index (χ2v) is 6.81. The molecule has 0 saturated heterocycles. The average molecular weight is 462 g/mol. The Morgan fingerprint density at radius 1 is 1.00 bits per heavy atom. The van der Waals surface area contributed by atoms with E-state index in [2.05, 4.69) is 5.32 Å². The number of rotatable bonds is 6. The Labute approximate surface area is 179 Å². The third-order valence-electron chi connectivity index (χ3n) is 4.78. The van der Waals surface area contributed by atoms with Crippen molar-refractivity contribution in [3.05, 3.63) is 58.7 Å². The number of urea groups is 1. The van der Waals surface area contributed by atoms with Crippen LogP contribution in [0.4, 0.5) is 31.1 Å². The normalized spacial score (nSPS) is 11.9.